The van der Waals surface area contributed by atoms with Crippen molar-refractivity contribution in [2.75, 3.05) is 6.54 Å². The van der Waals surface area contributed by atoms with Crippen molar-refractivity contribution in [2.24, 2.45) is 0 Å². The molecule has 14 heteroatoms. The summed E-state index contributed by atoms with van der Waals surface area (Å²) in [5, 5.41) is 0. The number of aromatic amines is 1. The van der Waals surface area contributed by atoms with Crippen LogP contribution in [0.4, 0.5) is 26.7 Å². The number of aromatic nitrogens is 2. The van der Waals surface area contributed by atoms with Crippen LogP contribution in [-0.2, 0) is 14.9 Å². The molecule has 8 nitrogen and oxygen atoms in total. The predicted molar refractivity (Wildman–Crippen MR) is 150 cm³/mol. The van der Waals surface area contributed by atoms with Gasteiger partial charge in [-0.05, 0) is 74.6 Å². The van der Waals surface area contributed by atoms with Crippen LogP contribution in [0.15, 0.2) is 42.6 Å². The SMILES string of the molecule is CC(C)(C)OC(=O)N1CC(F)(F)C[C@H]1c1nc(-c2ccc(-c3ccc(OS(=O)(=O)C(F)(F)F)c4c3C3CCC4C3)cc2)c[nH]1. The highest BCUT2D eigenvalue weighted by atomic mass is 32.2. The van der Waals surface area contributed by atoms with Crippen molar-refractivity contribution in [2.45, 2.75) is 81.4 Å². The third-order valence-corrected chi connectivity index (χ3v) is 9.25. The van der Waals surface area contributed by atoms with E-state index < -0.39 is 52.3 Å². The van der Waals surface area contributed by atoms with E-state index in [0.29, 0.717) is 23.2 Å². The van der Waals surface area contributed by atoms with E-state index in [2.05, 4.69) is 14.2 Å². The van der Waals surface area contributed by atoms with Crippen molar-refractivity contribution in [1.29, 1.82) is 0 Å². The number of hydrogen-bond donors (Lipinski definition) is 1. The molecule has 2 aromatic carbocycles. The van der Waals surface area contributed by atoms with Gasteiger partial charge in [0.25, 0.3) is 5.92 Å². The number of nitrogens with one attached hydrogen (secondary N) is 1. The number of hydrogen-bond acceptors (Lipinski definition) is 6. The maximum Gasteiger partial charge on any atom is 0.534 e. The molecular formula is C30H30F5N3O5S. The van der Waals surface area contributed by atoms with Gasteiger partial charge in [-0.3, -0.25) is 4.90 Å². The highest BCUT2D eigenvalue weighted by Gasteiger charge is 2.51. The number of nitrogens with zero attached hydrogens (tertiary/aromatic N) is 2. The van der Waals surface area contributed by atoms with Crippen LogP contribution in [0.3, 0.4) is 0 Å². The Balaban J connectivity index is 1.27. The van der Waals surface area contributed by atoms with E-state index in [1.165, 1.54) is 6.07 Å². The fourth-order valence-corrected chi connectivity index (χ4v) is 7.00. The number of likely N-dealkylation sites (tertiary alicyclic amines) is 1. The van der Waals surface area contributed by atoms with Crippen LogP contribution < -0.4 is 4.18 Å². The van der Waals surface area contributed by atoms with Crippen molar-refractivity contribution < 1.29 is 44.1 Å². The standard InChI is InChI=1S/C30H30F5N3O5S/c1-28(2,3)42-27(39)38-15-29(31,32)13-22(38)26-36-14-21(37-26)17-6-4-16(5-7-17)20-10-11-23(43-44(40,41)30(33,34)35)25-19-9-8-18(12-19)24(20)25/h4-7,10-11,14,18-19,22H,8-9,12-13,15H2,1-3H3,(H,36,37)/t18?,19?,22-/m0/s1. The van der Waals surface area contributed by atoms with Gasteiger partial charge in [0.2, 0.25) is 0 Å². The number of ether oxygens (including phenoxy) is 1. The zero-order valence-electron chi connectivity index (χ0n) is 24.0. The average Bonchev–Trinajstić information content (AvgIpc) is 3.70. The molecule has 1 N–H and O–H groups in total. The first-order valence-electron chi connectivity index (χ1n) is 14.1. The molecule has 3 aromatic rings. The van der Waals surface area contributed by atoms with Crippen LogP contribution in [0.2, 0.25) is 0 Å². The largest absolute Gasteiger partial charge is 0.534 e. The minimum atomic E-state index is -5.81. The van der Waals surface area contributed by atoms with Gasteiger partial charge < -0.3 is 13.9 Å². The molecule has 2 fully saturated rings. The van der Waals surface area contributed by atoms with Gasteiger partial charge in [-0.2, -0.15) is 21.6 Å². The molecule has 0 radical (unpaired) electrons. The van der Waals surface area contributed by atoms with Gasteiger partial charge in [-0.1, -0.05) is 30.3 Å². The lowest BCUT2D eigenvalue weighted by molar-refractivity contribution is -0.0500. The Morgan fingerprint density at radius 3 is 2.27 bits per heavy atom. The Bertz CT molecular complexity index is 1710. The number of halogens is 5. The van der Waals surface area contributed by atoms with Crippen molar-refractivity contribution in [3.8, 4) is 28.1 Å². The summed E-state index contributed by atoms with van der Waals surface area (Å²) in [6.45, 7) is 4.18. The maximum absolute atomic E-state index is 14.4. The molecular weight excluding hydrogens is 609 g/mol. The highest BCUT2D eigenvalue weighted by molar-refractivity contribution is 7.88. The number of carbonyl (C=O) groups excluding carboxylic acids is 1. The quantitative estimate of drug-likeness (QED) is 0.175. The molecule has 1 aliphatic heterocycles. The molecule has 0 spiro atoms. The normalized spacial score (nSPS) is 22.7. The Labute approximate surface area is 250 Å². The molecule has 2 aliphatic carbocycles. The van der Waals surface area contributed by atoms with Crippen molar-refractivity contribution in [3.05, 3.63) is 59.5 Å². The van der Waals surface area contributed by atoms with E-state index in [1.54, 1.807) is 45.2 Å². The molecule has 1 saturated heterocycles. The fraction of sp³-hybridized carbons (Fsp3) is 0.467. The Morgan fingerprint density at radius 2 is 1.64 bits per heavy atom. The van der Waals surface area contributed by atoms with E-state index in [0.717, 1.165) is 34.4 Å². The van der Waals surface area contributed by atoms with E-state index in [4.69, 9.17) is 4.74 Å². The molecule has 2 unspecified atom stereocenters. The predicted octanol–water partition coefficient (Wildman–Crippen LogP) is 7.65. The molecule has 1 saturated carbocycles. The first-order valence-corrected chi connectivity index (χ1v) is 15.5. The van der Waals surface area contributed by atoms with Crippen LogP contribution in [-0.4, -0.2) is 53.0 Å². The van der Waals surface area contributed by atoms with E-state index in [1.807, 2.05) is 12.1 Å². The van der Waals surface area contributed by atoms with Crippen molar-refractivity contribution in [1.82, 2.24) is 14.9 Å². The Morgan fingerprint density at radius 1 is 1.00 bits per heavy atom. The topological polar surface area (TPSA) is 102 Å². The summed E-state index contributed by atoms with van der Waals surface area (Å²) in [4.78, 5) is 21.1. The summed E-state index contributed by atoms with van der Waals surface area (Å²) in [6, 6.07) is 9.04. The monoisotopic (exact) mass is 639 g/mol. The van der Waals surface area contributed by atoms with Crippen LogP contribution in [0, 0.1) is 0 Å². The minimum Gasteiger partial charge on any atom is -0.444 e. The first kappa shape index (κ1) is 30.4. The second-order valence-corrected chi connectivity index (χ2v) is 14.1. The number of carbonyl (C=O) groups is 1. The lowest BCUT2D eigenvalue weighted by Crippen LogP contribution is -2.38. The Hall–Kier alpha value is -3.68. The van der Waals surface area contributed by atoms with Crippen LogP contribution in [0.1, 0.15) is 81.3 Å². The van der Waals surface area contributed by atoms with E-state index in [-0.39, 0.29) is 23.4 Å². The second kappa shape index (κ2) is 10.2. The lowest BCUT2D eigenvalue weighted by atomic mass is 9.85. The van der Waals surface area contributed by atoms with Gasteiger partial charge in [-0.15, -0.1) is 0 Å². The second-order valence-electron chi connectivity index (χ2n) is 12.6. The summed E-state index contributed by atoms with van der Waals surface area (Å²) >= 11 is 0. The fourth-order valence-electron chi connectivity index (χ4n) is 6.52. The number of amides is 1. The number of alkyl halides is 5. The number of imidazole rings is 1. The molecule has 2 bridgehead atoms. The zero-order chi connectivity index (χ0) is 31.8. The molecule has 1 amide bonds. The van der Waals surface area contributed by atoms with Crippen molar-refractivity contribution in [3.63, 3.8) is 0 Å². The Kier molecular flexibility index (Phi) is 7.02. The third-order valence-electron chi connectivity index (χ3n) is 8.28. The first-order chi connectivity index (χ1) is 20.4. The number of fused-ring (bicyclic) bond motifs is 5. The third kappa shape index (κ3) is 5.52. The summed E-state index contributed by atoms with van der Waals surface area (Å²) < 4.78 is 101. The van der Waals surface area contributed by atoms with Crippen LogP contribution in [0.25, 0.3) is 22.4 Å². The van der Waals surface area contributed by atoms with E-state index in [9.17, 15) is 35.2 Å². The molecule has 3 atom stereocenters. The van der Waals surface area contributed by atoms with Crippen molar-refractivity contribution >= 4 is 16.2 Å². The minimum absolute atomic E-state index is 0.0770. The average molecular weight is 640 g/mol. The van der Waals surface area contributed by atoms with Crippen LogP contribution >= 0.6 is 0 Å². The molecule has 3 aliphatic rings. The smallest absolute Gasteiger partial charge is 0.444 e. The summed E-state index contributed by atoms with van der Waals surface area (Å²) in [7, 11) is -5.81. The molecule has 44 heavy (non-hydrogen) atoms. The van der Waals surface area contributed by atoms with Gasteiger partial charge in [0.15, 0.2) is 0 Å². The maximum atomic E-state index is 14.4. The summed E-state index contributed by atoms with van der Waals surface area (Å²) in [5.41, 5.74) is -2.40. The summed E-state index contributed by atoms with van der Waals surface area (Å²) in [6.07, 6.45) is 2.41. The number of rotatable bonds is 5. The number of H-pyrrole nitrogens is 1. The van der Waals surface area contributed by atoms with Gasteiger partial charge in [0.05, 0.1) is 18.3 Å². The zero-order valence-corrected chi connectivity index (χ0v) is 24.9. The molecule has 236 valence electrons. The molecule has 2 heterocycles. The molecule has 6 rings (SSSR count). The lowest BCUT2D eigenvalue weighted by Gasteiger charge is -2.27. The van der Waals surface area contributed by atoms with Gasteiger partial charge in [0, 0.05) is 23.7 Å². The van der Waals surface area contributed by atoms with Gasteiger partial charge >= 0.3 is 21.7 Å². The number of benzene rings is 2. The van der Waals surface area contributed by atoms with Gasteiger partial charge in [-0.25, -0.2) is 18.6 Å². The van der Waals surface area contributed by atoms with Gasteiger partial charge in [0.1, 0.15) is 17.2 Å². The van der Waals surface area contributed by atoms with Crippen LogP contribution in [0.5, 0.6) is 5.75 Å². The highest BCUT2D eigenvalue weighted by Crippen LogP contribution is 2.58. The summed E-state index contributed by atoms with van der Waals surface area (Å²) in [5.74, 6) is -3.20. The van der Waals surface area contributed by atoms with E-state index >= 15 is 0 Å². The molecule has 1 aromatic heterocycles.